The number of likely N-dealkylation sites (tertiary alicyclic amines) is 1. The zero-order valence-electron chi connectivity index (χ0n) is 11.5. The SMILES string of the molecule is NC1C2CCCOC2C1NC(=O)N1CCCCCC1. The zero-order chi connectivity index (χ0) is 13.2. The summed E-state index contributed by atoms with van der Waals surface area (Å²) in [5.41, 5.74) is 6.17. The maximum absolute atomic E-state index is 12.3. The number of fused-ring (bicyclic) bond motifs is 1. The normalized spacial score (nSPS) is 38.9. The molecule has 2 aliphatic heterocycles. The molecule has 2 heterocycles. The molecule has 0 spiro atoms. The molecule has 0 aromatic carbocycles. The van der Waals surface area contributed by atoms with E-state index in [-0.39, 0.29) is 24.2 Å². The van der Waals surface area contributed by atoms with Crippen molar-refractivity contribution >= 4 is 6.03 Å². The van der Waals surface area contributed by atoms with Crippen LogP contribution in [-0.4, -0.2) is 48.8 Å². The van der Waals surface area contributed by atoms with Crippen molar-refractivity contribution < 1.29 is 9.53 Å². The van der Waals surface area contributed by atoms with Gasteiger partial charge in [0.15, 0.2) is 0 Å². The second-order valence-corrected chi connectivity index (χ2v) is 6.10. The van der Waals surface area contributed by atoms with Crippen LogP contribution in [0.3, 0.4) is 0 Å². The van der Waals surface area contributed by atoms with Gasteiger partial charge < -0.3 is 20.7 Å². The molecule has 19 heavy (non-hydrogen) atoms. The van der Waals surface area contributed by atoms with Gasteiger partial charge in [-0.2, -0.15) is 0 Å². The molecule has 1 saturated carbocycles. The lowest BCUT2D eigenvalue weighted by molar-refractivity contribution is -0.117. The van der Waals surface area contributed by atoms with Gasteiger partial charge in [0.1, 0.15) is 0 Å². The average Bonchev–Trinajstić information content (AvgIpc) is 2.73. The molecule has 3 aliphatic rings. The Hall–Kier alpha value is -0.810. The molecule has 3 fully saturated rings. The monoisotopic (exact) mass is 267 g/mol. The fourth-order valence-electron chi connectivity index (χ4n) is 3.63. The summed E-state index contributed by atoms with van der Waals surface area (Å²) in [7, 11) is 0. The van der Waals surface area contributed by atoms with Crippen molar-refractivity contribution in [2.45, 2.75) is 56.7 Å². The predicted octanol–water partition coefficient (Wildman–Crippen LogP) is 1.08. The van der Waals surface area contributed by atoms with Gasteiger partial charge in [-0.3, -0.25) is 0 Å². The predicted molar refractivity (Wildman–Crippen MR) is 72.8 cm³/mol. The lowest BCUT2D eigenvalue weighted by atomic mass is 9.69. The van der Waals surface area contributed by atoms with Crippen molar-refractivity contribution in [2.24, 2.45) is 11.7 Å². The largest absolute Gasteiger partial charge is 0.376 e. The topological polar surface area (TPSA) is 67.6 Å². The van der Waals surface area contributed by atoms with E-state index in [2.05, 4.69) is 5.32 Å². The van der Waals surface area contributed by atoms with E-state index in [1.807, 2.05) is 4.90 Å². The van der Waals surface area contributed by atoms with Crippen LogP contribution in [0, 0.1) is 5.92 Å². The number of carbonyl (C=O) groups is 1. The number of urea groups is 1. The molecule has 4 unspecified atom stereocenters. The third-order valence-electron chi connectivity index (χ3n) is 4.86. The Morgan fingerprint density at radius 3 is 2.63 bits per heavy atom. The lowest BCUT2D eigenvalue weighted by Gasteiger charge is -2.52. The summed E-state index contributed by atoms with van der Waals surface area (Å²) in [6.45, 7) is 2.56. The van der Waals surface area contributed by atoms with E-state index in [1.54, 1.807) is 0 Å². The van der Waals surface area contributed by atoms with Crippen molar-refractivity contribution in [2.75, 3.05) is 19.7 Å². The molecule has 4 atom stereocenters. The van der Waals surface area contributed by atoms with Gasteiger partial charge in [0, 0.05) is 31.7 Å². The molecular weight excluding hydrogens is 242 g/mol. The van der Waals surface area contributed by atoms with Gasteiger partial charge in [-0.05, 0) is 25.7 Å². The van der Waals surface area contributed by atoms with Gasteiger partial charge in [0.25, 0.3) is 0 Å². The van der Waals surface area contributed by atoms with Crippen LogP contribution in [0.5, 0.6) is 0 Å². The summed E-state index contributed by atoms with van der Waals surface area (Å²) < 4.78 is 5.76. The second kappa shape index (κ2) is 5.67. The van der Waals surface area contributed by atoms with E-state index in [0.29, 0.717) is 5.92 Å². The fourth-order valence-corrected chi connectivity index (χ4v) is 3.63. The smallest absolute Gasteiger partial charge is 0.317 e. The summed E-state index contributed by atoms with van der Waals surface area (Å²) in [6, 6.07) is 0.136. The summed E-state index contributed by atoms with van der Waals surface area (Å²) in [5.74, 6) is 0.447. The van der Waals surface area contributed by atoms with Gasteiger partial charge in [-0.25, -0.2) is 4.79 Å². The Balaban J connectivity index is 1.54. The number of ether oxygens (including phenoxy) is 1. The lowest BCUT2D eigenvalue weighted by Crippen LogP contribution is -2.72. The van der Waals surface area contributed by atoms with Crippen LogP contribution < -0.4 is 11.1 Å². The molecule has 108 valence electrons. The van der Waals surface area contributed by atoms with E-state index in [0.717, 1.165) is 45.4 Å². The van der Waals surface area contributed by atoms with Crippen LogP contribution in [-0.2, 0) is 4.74 Å². The standard InChI is InChI=1S/C14H25N3O2/c15-11-10-6-5-9-19-13(10)12(11)16-14(18)17-7-3-1-2-4-8-17/h10-13H,1-9,15H2,(H,16,18). The summed E-state index contributed by atoms with van der Waals surface area (Å²) in [6.07, 6.45) is 7.10. The number of hydrogen-bond donors (Lipinski definition) is 2. The molecule has 1 aliphatic carbocycles. The van der Waals surface area contributed by atoms with Gasteiger partial charge in [-0.15, -0.1) is 0 Å². The van der Waals surface area contributed by atoms with Crippen molar-refractivity contribution in [3.8, 4) is 0 Å². The molecule has 3 rings (SSSR count). The van der Waals surface area contributed by atoms with Crippen LogP contribution in [0.4, 0.5) is 4.79 Å². The maximum atomic E-state index is 12.3. The molecule has 5 heteroatoms. The Morgan fingerprint density at radius 2 is 1.89 bits per heavy atom. The van der Waals surface area contributed by atoms with E-state index in [9.17, 15) is 4.79 Å². The molecule has 0 radical (unpaired) electrons. The summed E-state index contributed by atoms with van der Waals surface area (Å²) in [4.78, 5) is 14.2. The maximum Gasteiger partial charge on any atom is 0.317 e. The Kier molecular flexibility index (Phi) is 3.93. The molecule has 0 aromatic heterocycles. The van der Waals surface area contributed by atoms with E-state index >= 15 is 0 Å². The van der Waals surface area contributed by atoms with E-state index in [4.69, 9.17) is 10.5 Å². The highest BCUT2D eigenvalue weighted by Gasteiger charge is 2.51. The third kappa shape index (κ3) is 2.58. The number of carbonyl (C=O) groups excluding carboxylic acids is 1. The van der Waals surface area contributed by atoms with Crippen molar-refractivity contribution in [1.29, 1.82) is 0 Å². The molecular formula is C14H25N3O2. The van der Waals surface area contributed by atoms with Crippen molar-refractivity contribution in [3.05, 3.63) is 0 Å². The Labute approximate surface area is 114 Å². The summed E-state index contributed by atoms with van der Waals surface area (Å²) >= 11 is 0. The Bertz CT molecular complexity index is 329. The first-order chi connectivity index (χ1) is 9.27. The van der Waals surface area contributed by atoms with Gasteiger partial charge in [-0.1, -0.05) is 12.8 Å². The third-order valence-corrected chi connectivity index (χ3v) is 4.86. The second-order valence-electron chi connectivity index (χ2n) is 6.10. The zero-order valence-corrected chi connectivity index (χ0v) is 11.5. The molecule has 5 nitrogen and oxygen atoms in total. The first-order valence-electron chi connectivity index (χ1n) is 7.70. The van der Waals surface area contributed by atoms with Crippen LogP contribution >= 0.6 is 0 Å². The minimum atomic E-state index is 0.0149. The number of nitrogens with two attached hydrogens (primary N) is 1. The van der Waals surface area contributed by atoms with Gasteiger partial charge >= 0.3 is 6.03 Å². The van der Waals surface area contributed by atoms with E-state index in [1.165, 1.54) is 12.8 Å². The van der Waals surface area contributed by atoms with Gasteiger partial charge in [0.05, 0.1) is 12.1 Å². The average molecular weight is 267 g/mol. The highest BCUT2D eigenvalue weighted by atomic mass is 16.5. The van der Waals surface area contributed by atoms with Crippen LogP contribution in [0.25, 0.3) is 0 Å². The number of rotatable bonds is 1. The molecule has 2 amide bonds. The van der Waals surface area contributed by atoms with Gasteiger partial charge in [0.2, 0.25) is 0 Å². The van der Waals surface area contributed by atoms with Crippen LogP contribution in [0.15, 0.2) is 0 Å². The first kappa shape index (κ1) is 13.2. The van der Waals surface area contributed by atoms with Crippen molar-refractivity contribution in [1.82, 2.24) is 10.2 Å². The highest BCUT2D eigenvalue weighted by molar-refractivity contribution is 5.75. The minimum Gasteiger partial charge on any atom is -0.376 e. The number of nitrogens with one attached hydrogen (secondary N) is 1. The fraction of sp³-hybridized carbons (Fsp3) is 0.929. The highest BCUT2D eigenvalue weighted by Crippen LogP contribution is 2.37. The van der Waals surface area contributed by atoms with E-state index < -0.39 is 0 Å². The molecule has 3 N–H and O–H groups in total. The number of nitrogens with zero attached hydrogens (tertiary/aromatic N) is 1. The summed E-state index contributed by atoms with van der Waals surface area (Å²) in [5, 5.41) is 3.10. The van der Waals surface area contributed by atoms with Crippen LogP contribution in [0.2, 0.25) is 0 Å². The first-order valence-corrected chi connectivity index (χ1v) is 7.70. The minimum absolute atomic E-state index is 0.0149. The van der Waals surface area contributed by atoms with Crippen molar-refractivity contribution in [3.63, 3.8) is 0 Å². The molecule has 2 saturated heterocycles. The molecule has 0 bridgehead atoms. The number of amides is 2. The molecule has 0 aromatic rings. The number of hydrogen-bond acceptors (Lipinski definition) is 3. The Morgan fingerprint density at radius 1 is 1.16 bits per heavy atom. The van der Waals surface area contributed by atoms with Crippen LogP contribution in [0.1, 0.15) is 38.5 Å². The quantitative estimate of drug-likeness (QED) is 0.747.